The van der Waals surface area contributed by atoms with E-state index in [1.54, 1.807) is 6.20 Å². The molecule has 0 bridgehead atoms. The molecular weight excluding hydrogens is 304 g/mol. The number of unbranched alkanes of at least 4 members (excludes halogenated alkanes) is 1. The van der Waals surface area contributed by atoms with Crippen molar-refractivity contribution in [1.82, 2.24) is 14.3 Å². The molecule has 0 aliphatic heterocycles. The van der Waals surface area contributed by atoms with Gasteiger partial charge in [-0.05, 0) is 43.9 Å². The Labute approximate surface area is 132 Å². The highest BCUT2D eigenvalue weighted by Gasteiger charge is 2.12. The fraction of sp³-hybridized carbons (Fsp3) is 0.429. The van der Waals surface area contributed by atoms with E-state index in [1.807, 2.05) is 26.0 Å². The second kappa shape index (κ2) is 7.63. The number of nitrogens with zero attached hydrogens (tertiary/aromatic N) is 4. The summed E-state index contributed by atoms with van der Waals surface area (Å²) in [6, 6.07) is 3.82. The molecule has 1 atom stereocenters. The van der Waals surface area contributed by atoms with Gasteiger partial charge >= 0.3 is 0 Å². The standard InChI is InChI=1S/C14H18N4OS2/c1-4-5-8-21(19)18-11(3)14-16-13(17-20-14)12-6-7-15-10(2)9-12/h6-7,9H,4-5,8H2,1-3H3/b18-11+/t21-/m0/s1. The van der Waals surface area contributed by atoms with Crippen molar-refractivity contribution in [2.75, 3.05) is 5.75 Å². The van der Waals surface area contributed by atoms with E-state index in [9.17, 15) is 4.55 Å². The molecule has 112 valence electrons. The molecule has 0 saturated carbocycles. The van der Waals surface area contributed by atoms with E-state index in [4.69, 9.17) is 0 Å². The molecule has 0 saturated heterocycles. The Morgan fingerprint density at radius 1 is 1.48 bits per heavy atom. The summed E-state index contributed by atoms with van der Waals surface area (Å²) >= 11 is 0.105. The van der Waals surface area contributed by atoms with Crippen molar-refractivity contribution in [3.63, 3.8) is 0 Å². The third-order valence-electron chi connectivity index (χ3n) is 2.80. The van der Waals surface area contributed by atoms with Crippen molar-refractivity contribution >= 4 is 28.6 Å². The van der Waals surface area contributed by atoms with Crippen molar-refractivity contribution in [3.8, 4) is 11.4 Å². The van der Waals surface area contributed by atoms with Crippen LogP contribution in [0.15, 0.2) is 22.7 Å². The van der Waals surface area contributed by atoms with Crippen LogP contribution in [0.25, 0.3) is 11.4 Å². The minimum atomic E-state index is -1.17. The van der Waals surface area contributed by atoms with Crippen molar-refractivity contribution in [2.24, 2.45) is 4.40 Å². The number of aryl methyl sites for hydroxylation is 1. The Kier molecular flexibility index (Phi) is 5.84. The average Bonchev–Trinajstić information content (AvgIpc) is 2.95. The summed E-state index contributed by atoms with van der Waals surface area (Å²) < 4.78 is 20.3. The number of hydrogen-bond acceptors (Lipinski definition) is 6. The highest BCUT2D eigenvalue weighted by Crippen LogP contribution is 2.19. The van der Waals surface area contributed by atoms with E-state index in [0.717, 1.165) is 24.1 Å². The van der Waals surface area contributed by atoms with Crippen molar-refractivity contribution in [1.29, 1.82) is 0 Å². The molecule has 0 aliphatic carbocycles. The first-order valence-electron chi connectivity index (χ1n) is 6.81. The maximum Gasteiger partial charge on any atom is 0.173 e. The van der Waals surface area contributed by atoms with Crippen molar-refractivity contribution in [2.45, 2.75) is 33.6 Å². The van der Waals surface area contributed by atoms with Gasteiger partial charge in [0.25, 0.3) is 0 Å². The van der Waals surface area contributed by atoms with Crippen LogP contribution in [0.5, 0.6) is 0 Å². The fourth-order valence-electron chi connectivity index (χ4n) is 1.68. The smallest absolute Gasteiger partial charge is 0.173 e. The quantitative estimate of drug-likeness (QED) is 0.605. The second-order valence-electron chi connectivity index (χ2n) is 4.66. The molecule has 21 heavy (non-hydrogen) atoms. The molecule has 2 rings (SSSR count). The Hall–Kier alpha value is -1.31. The van der Waals surface area contributed by atoms with Gasteiger partial charge < -0.3 is 4.55 Å². The van der Waals surface area contributed by atoms with Crippen LogP contribution in [-0.2, 0) is 11.4 Å². The minimum absolute atomic E-state index is 0.600. The van der Waals surface area contributed by atoms with Gasteiger partial charge in [-0.25, -0.2) is 4.98 Å². The molecule has 7 heteroatoms. The maximum atomic E-state index is 11.8. The van der Waals surface area contributed by atoms with Crippen LogP contribution in [0.1, 0.15) is 37.4 Å². The Morgan fingerprint density at radius 2 is 2.29 bits per heavy atom. The zero-order valence-corrected chi connectivity index (χ0v) is 14.0. The van der Waals surface area contributed by atoms with Gasteiger partial charge in [0.1, 0.15) is 11.5 Å². The van der Waals surface area contributed by atoms with Gasteiger partial charge in [-0.1, -0.05) is 17.7 Å². The van der Waals surface area contributed by atoms with E-state index in [-0.39, 0.29) is 0 Å². The molecule has 0 radical (unpaired) electrons. The van der Waals surface area contributed by atoms with Gasteiger partial charge in [0.2, 0.25) is 0 Å². The van der Waals surface area contributed by atoms with E-state index in [0.29, 0.717) is 22.3 Å². The lowest BCUT2D eigenvalue weighted by Crippen LogP contribution is -2.06. The molecule has 5 nitrogen and oxygen atoms in total. The molecule has 0 amide bonds. The average molecular weight is 322 g/mol. The Bertz CT molecular complexity index is 627. The van der Waals surface area contributed by atoms with Gasteiger partial charge in [-0.2, -0.15) is 4.37 Å². The normalized spacial score (nSPS) is 13.4. The van der Waals surface area contributed by atoms with Crippen molar-refractivity contribution < 1.29 is 4.55 Å². The van der Waals surface area contributed by atoms with E-state index < -0.39 is 11.4 Å². The maximum absolute atomic E-state index is 11.8. The molecule has 0 aromatic carbocycles. The van der Waals surface area contributed by atoms with Crippen LogP contribution < -0.4 is 0 Å². The summed E-state index contributed by atoms with van der Waals surface area (Å²) in [6.45, 7) is 5.83. The first-order valence-corrected chi connectivity index (χ1v) is 8.86. The van der Waals surface area contributed by atoms with Gasteiger partial charge in [-0.3, -0.25) is 4.98 Å². The first kappa shape index (κ1) is 16.1. The molecule has 0 fully saturated rings. The third-order valence-corrected chi connectivity index (χ3v) is 4.74. The Balaban J connectivity index is 2.14. The number of pyridine rings is 1. The third kappa shape index (κ3) is 4.59. The van der Waals surface area contributed by atoms with Gasteiger partial charge in [0.15, 0.2) is 10.8 Å². The molecule has 0 unspecified atom stereocenters. The zero-order valence-electron chi connectivity index (χ0n) is 12.4. The van der Waals surface area contributed by atoms with Crippen LogP contribution in [0.4, 0.5) is 0 Å². The predicted octanol–water partition coefficient (Wildman–Crippen LogP) is 3.18. The lowest BCUT2D eigenvalue weighted by atomic mass is 10.2. The minimum Gasteiger partial charge on any atom is -0.591 e. The molecule has 2 heterocycles. The molecule has 2 aromatic heterocycles. The number of hydrogen-bond donors (Lipinski definition) is 0. The van der Waals surface area contributed by atoms with Crippen molar-refractivity contribution in [3.05, 3.63) is 29.0 Å². The SMILES string of the molecule is CCCC[S@+]([O-])/N=C(\C)c1nc(-c2ccnc(C)c2)ns1. The summed E-state index contributed by atoms with van der Waals surface area (Å²) in [6.07, 6.45) is 3.68. The summed E-state index contributed by atoms with van der Waals surface area (Å²) in [5, 5.41) is 0.712. The molecule has 0 aliphatic rings. The largest absolute Gasteiger partial charge is 0.591 e. The molecule has 2 aromatic rings. The monoisotopic (exact) mass is 322 g/mol. The molecular formula is C14H18N4OS2. The summed E-state index contributed by atoms with van der Waals surface area (Å²) in [4.78, 5) is 8.63. The van der Waals surface area contributed by atoms with Crippen LogP contribution in [0.3, 0.4) is 0 Å². The summed E-state index contributed by atoms with van der Waals surface area (Å²) in [5.74, 6) is 1.26. The zero-order chi connectivity index (χ0) is 15.2. The van der Waals surface area contributed by atoms with Crippen LogP contribution in [-0.4, -0.2) is 30.4 Å². The first-order chi connectivity index (χ1) is 10.1. The lowest BCUT2D eigenvalue weighted by molar-refractivity contribution is 0.593. The fourth-order valence-corrected chi connectivity index (χ4v) is 3.38. The van der Waals surface area contributed by atoms with Gasteiger partial charge in [-0.15, -0.1) is 0 Å². The second-order valence-corrected chi connectivity index (χ2v) is 6.65. The predicted molar refractivity (Wildman–Crippen MR) is 88.0 cm³/mol. The lowest BCUT2D eigenvalue weighted by Gasteiger charge is -2.02. The Morgan fingerprint density at radius 3 is 3.00 bits per heavy atom. The number of rotatable bonds is 6. The topological polar surface area (TPSA) is 74.1 Å². The van der Waals surface area contributed by atoms with Gasteiger partial charge in [0.05, 0.1) is 11.4 Å². The van der Waals surface area contributed by atoms with Gasteiger partial charge in [0, 0.05) is 17.5 Å². The van der Waals surface area contributed by atoms with Crippen LogP contribution in [0, 0.1) is 6.92 Å². The van der Waals surface area contributed by atoms with E-state index in [1.165, 1.54) is 11.5 Å². The molecule has 0 N–H and O–H groups in total. The van der Waals surface area contributed by atoms with Crippen LogP contribution in [0.2, 0.25) is 0 Å². The summed E-state index contributed by atoms with van der Waals surface area (Å²) in [5.41, 5.74) is 2.54. The summed E-state index contributed by atoms with van der Waals surface area (Å²) in [7, 11) is 0. The van der Waals surface area contributed by atoms with Crippen LogP contribution >= 0.6 is 11.5 Å². The van der Waals surface area contributed by atoms with E-state index >= 15 is 0 Å². The number of aromatic nitrogens is 3. The highest BCUT2D eigenvalue weighted by molar-refractivity contribution is 7.90. The van der Waals surface area contributed by atoms with E-state index in [2.05, 4.69) is 25.7 Å². The molecule has 0 spiro atoms. The highest BCUT2D eigenvalue weighted by atomic mass is 32.2.